The number of aryl methyl sites for hydroxylation is 1. The molecule has 0 saturated carbocycles. The van der Waals surface area contributed by atoms with E-state index in [0.717, 1.165) is 67.6 Å². The summed E-state index contributed by atoms with van der Waals surface area (Å²) in [5, 5.41) is 0. The molecular formula is C37H28F8O2. The van der Waals surface area contributed by atoms with Crippen LogP contribution < -0.4 is 9.47 Å². The molecule has 0 bridgehead atoms. The summed E-state index contributed by atoms with van der Waals surface area (Å²) in [5.41, 5.74) is 2.23. The van der Waals surface area contributed by atoms with E-state index in [1.165, 1.54) is 42.5 Å². The van der Waals surface area contributed by atoms with Crippen molar-refractivity contribution in [2.75, 3.05) is 0 Å². The van der Waals surface area contributed by atoms with Crippen molar-refractivity contribution in [2.24, 2.45) is 0 Å². The molecular weight excluding hydrogens is 628 g/mol. The Bertz CT molecular complexity index is 1830. The first kappa shape index (κ1) is 33.5. The van der Waals surface area contributed by atoms with E-state index in [2.05, 4.69) is 11.7 Å². The molecule has 0 amide bonds. The minimum Gasteiger partial charge on any atom is -0.429 e. The number of hydrogen-bond donors (Lipinski definition) is 0. The highest BCUT2D eigenvalue weighted by molar-refractivity contribution is 5.71. The average Bonchev–Trinajstić information content (AvgIpc) is 3.02. The van der Waals surface area contributed by atoms with Gasteiger partial charge < -0.3 is 9.47 Å². The molecule has 0 atom stereocenters. The van der Waals surface area contributed by atoms with Crippen LogP contribution in [0, 0.1) is 17.5 Å². The molecule has 0 N–H and O–H groups in total. The topological polar surface area (TPSA) is 18.5 Å². The SMILES string of the molecule is CCCCCc1ccc(-c2ccc(C(F)(F)Oc3ccc(-c4ccc(-c5ccc(OC(F)(F)F)c(F)c5)cc4)c(F)c3)c(F)c2)cc1. The van der Waals surface area contributed by atoms with Gasteiger partial charge in [-0.15, -0.1) is 13.2 Å². The van der Waals surface area contributed by atoms with Crippen LogP contribution >= 0.6 is 0 Å². The van der Waals surface area contributed by atoms with E-state index in [-0.39, 0.29) is 11.1 Å². The maximum atomic E-state index is 15.1. The molecule has 5 aromatic rings. The Kier molecular flexibility index (Phi) is 9.88. The van der Waals surface area contributed by atoms with E-state index in [1.807, 2.05) is 24.3 Å². The lowest BCUT2D eigenvalue weighted by Gasteiger charge is -2.20. The third kappa shape index (κ3) is 8.30. The van der Waals surface area contributed by atoms with Crippen LogP contribution in [0.3, 0.4) is 0 Å². The number of halogens is 8. The van der Waals surface area contributed by atoms with Crippen LogP contribution in [0.2, 0.25) is 0 Å². The first-order chi connectivity index (χ1) is 22.3. The van der Waals surface area contributed by atoms with Crippen molar-refractivity contribution in [2.45, 2.75) is 45.1 Å². The highest BCUT2D eigenvalue weighted by Crippen LogP contribution is 2.37. The van der Waals surface area contributed by atoms with E-state index >= 15 is 13.2 Å². The van der Waals surface area contributed by atoms with Gasteiger partial charge >= 0.3 is 12.5 Å². The van der Waals surface area contributed by atoms with Gasteiger partial charge in [0.2, 0.25) is 0 Å². The number of hydrogen-bond acceptors (Lipinski definition) is 2. The Hall–Kier alpha value is -4.86. The maximum Gasteiger partial charge on any atom is 0.573 e. The van der Waals surface area contributed by atoms with Crippen molar-refractivity contribution >= 4 is 0 Å². The lowest BCUT2D eigenvalue weighted by atomic mass is 9.99. The van der Waals surface area contributed by atoms with Gasteiger partial charge in [0.1, 0.15) is 17.4 Å². The number of ether oxygens (including phenoxy) is 2. The third-order valence-corrected chi connectivity index (χ3v) is 7.51. The zero-order valence-electron chi connectivity index (χ0n) is 25.0. The van der Waals surface area contributed by atoms with Crippen LogP contribution in [0.1, 0.15) is 37.3 Å². The Labute approximate surface area is 266 Å². The fraction of sp³-hybridized carbons (Fsp3) is 0.189. The minimum atomic E-state index is -5.05. The molecule has 0 saturated heterocycles. The Morgan fingerprint density at radius 3 is 1.68 bits per heavy atom. The monoisotopic (exact) mass is 656 g/mol. The third-order valence-electron chi connectivity index (χ3n) is 7.51. The van der Waals surface area contributed by atoms with Crippen LogP contribution in [-0.2, 0) is 12.5 Å². The smallest absolute Gasteiger partial charge is 0.429 e. The first-order valence-corrected chi connectivity index (χ1v) is 14.7. The van der Waals surface area contributed by atoms with Crippen molar-refractivity contribution in [3.63, 3.8) is 0 Å². The molecule has 244 valence electrons. The zero-order chi connectivity index (χ0) is 33.8. The summed E-state index contributed by atoms with van der Waals surface area (Å²) in [6.45, 7) is 2.12. The van der Waals surface area contributed by atoms with E-state index in [9.17, 15) is 22.0 Å². The van der Waals surface area contributed by atoms with Crippen molar-refractivity contribution in [3.8, 4) is 44.9 Å². The predicted octanol–water partition coefficient (Wildman–Crippen LogP) is 11.9. The summed E-state index contributed by atoms with van der Waals surface area (Å²) in [7, 11) is 0. The van der Waals surface area contributed by atoms with Crippen LogP contribution in [0.5, 0.6) is 11.5 Å². The van der Waals surface area contributed by atoms with E-state index < -0.39 is 47.0 Å². The summed E-state index contributed by atoms with van der Waals surface area (Å²) in [5.74, 6) is -4.82. The van der Waals surface area contributed by atoms with Gasteiger partial charge in [0.15, 0.2) is 11.6 Å². The van der Waals surface area contributed by atoms with Crippen molar-refractivity contribution in [3.05, 3.63) is 132 Å². The van der Waals surface area contributed by atoms with Crippen LogP contribution in [0.4, 0.5) is 35.1 Å². The second kappa shape index (κ2) is 13.9. The highest BCUT2D eigenvalue weighted by Gasteiger charge is 2.38. The quantitative estimate of drug-likeness (QED) is 0.104. The van der Waals surface area contributed by atoms with E-state index in [4.69, 9.17) is 4.74 Å². The Balaban J connectivity index is 1.27. The molecule has 0 aliphatic rings. The van der Waals surface area contributed by atoms with Gasteiger partial charge in [0.25, 0.3) is 0 Å². The number of unbranched alkanes of at least 4 members (excludes halogenated alkanes) is 2. The summed E-state index contributed by atoms with van der Waals surface area (Å²) >= 11 is 0. The lowest BCUT2D eigenvalue weighted by Crippen LogP contribution is -2.23. The second-order valence-corrected chi connectivity index (χ2v) is 10.9. The fourth-order valence-electron chi connectivity index (χ4n) is 5.10. The number of alkyl halides is 5. The van der Waals surface area contributed by atoms with Gasteiger partial charge in [-0.3, -0.25) is 0 Å². The first-order valence-electron chi connectivity index (χ1n) is 14.7. The van der Waals surface area contributed by atoms with Crippen LogP contribution in [0.25, 0.3) is 33.4 Å². The summed E-state index contributed by atoms with van der Waals surface area (Å²) in [6.07, 6.45) is -4.95. The zero-order valence-corrected chi connectivity index (χ0v) is 25.0. The van der Waals surface area contributed by atoms with Gasteiger partial charge in [-0.1, -0.05) is 80.4 Å². The van der Waals surface area contributed by atoms with E-state index in [1.54, 1.807) is 0 Å². The van der Waals surface area contributed by atoms with Crippen LogP contribution in [-0.4, -0.2) is 6.36 Å². The maximum absolute atomic E-state index is 15.1. The van der Waals surface area contributed by atoms with Crippen molar-refractivity contribution in [1.82, 2.24) is 0 Å². The molecule has 2 nitrogen and oxygen atoms in total. The van der Waals surface area contributed by atoms with E-state index in [0.29, 0.717) is 22.3 Å². The molecule has 0 aromatic heterocycles. The fourth-order valence-corrected chi connectivity index (χ4v) is 5.10. The molecule has 0 aliphatic carbocycles. The molecule has 0 unspecified atom stereocenters. The predicted molar refractivity (Wildman–Crippen MR) is 163 cm³/mol. The molecule has 0 heterocycles. The molecule has 5 rings (SSSR count). The van der Waals surface area contributed by atoms with Gasteiger partial charge in [-0.2, -0.15) is 8.78 Å². The largest absolute Gasteiger partial charge is 0.573 e. The van der Waals surface area contributed by atoms with Crippen molar-refractivity contribution in [1.29, 1.82) is 0 Å². The molecule has 47 heavy (non-hydrogen) atoms. The van der Waals surface area contributed by atoms with Gasteiger partial charge in [-0.25, -0.2) is 13.2 Å². The van der Waals surface area contributed by atoms with Crippen molar-refractivity contribution < 1.29 is 44.6 Å². The number of benzene rings is 5. The Morgan fingerprint density at radius 2 is 1.11 bits per heavy atom. The average molecular weight is 657 g/mol. The molecule has 0 fully saturated rings. The minimum absolute atomic E-state index is 0.0271. The lowest BCUT2D eigenvalue weighted by molar-refractivity contribution is -0.275. The number of rotatable bonds is 11. The second-order valence-electron chi connectivity index (χ2n) is 10.9. The Morgan fingerprint density at radius 1 is 0.532 bits per heavy atom. The summed E-state index contributed by atoms with van der Waals surface area (Å²) in [4.78, 5) is 0. The van der Waals surface area contributed by atoms with Gasteiger partial charge in [0.05, 0.1) is 5.56 Å². The van der Waals surface area contributed by atoms with Crippen LogP contribution in [0.15, 0.2) is 103 Å². The van der Waals surface area contributed by atoms with Gasteiger partial charge in [0, 0.05) is 11.6 Å². The summed E-state index contributed by atoms with van der Waals surface area (Å²) < 4.78 is 120. The summed E-state index contributed by atoms with van der Waals surface area (Å²) in [6, 6.07) is 22.7. The highest BCUT2D eigenvalue weighted by atomic mass is 19.4. The normalized spacial score (nSPS) is 11.9. The molecule has 0 radical (unpaired) electrons. The molecule has 0 aliphatic heterocycles. The molecule has 5 aromatic carbocycles. The van der Waals surface area contributed by atoms with Gasteiger partial charge in [-0.05, 0) is 82.6 Å². The standard InChI is InChI=1S/C37H28F8O2/c1-2-3-4-5-23-6-8-24(9-7-23)27-14-18-31(33(39)20-27)36(41,42)46-29-16-17-30(32(38)22-29)26-12-10-25(11-13-26)28-15-19-35(34(40)21-28)47-37(43,44)45/h6-22H,2-5H2,1H3. The molecule has 0 spiro atoms. The molecule has 10 heteroatoms.